The van der Waals surface area contributed by atoms with Crippen molar-refractivity contribution >= 4 is 17.3 Å². The monoisotopic (exact) mass is 296 g/mol. The van der Waals surface area contributed by atoms with E-state index in [9.17, 15) is 19.3 Å². The number of aromatic carboxylic acids is 1. The number of anilines is 1. The summed E-state index contributed by atoms with van der Waals surface area (Å²) in [6, 6.07) is 1.64. The average Bonchev–Trinajstić information content (AvgIpc) is 2.91. The molecular formula is C14H17FN2O4. The first-order valence-corrected chi connectivity index (χ1v) is 6.94. The number of carboxylic acid groups (broad SMARTS) is 1. The van der Waals surface area contributed by atoms with Gasteiger partial charge in [0.05, 0.1) is 4.92 Å². The number of hydrogen-bond donors (Lipinski definition) is 2. The van der Waals surface area contributed by atoms with Gasteiger partial charge in [-0.3, -0.25) is 10.1 Å². The van der Waals surface area contributed by atoms with Crippen LogP contribution in [-0.2, 0) is 0 Å². The van der Waals surface area contributed by atoms with Crippen LogP contribution in [0.3, 0.4) is 0 Å². The molecule has 1 saturated carbocycles. The molecule has 1 aliphatic rings. The number of nitro benzene ring substituents is 1. The third-order valence-corrected chi connectivity index (χ3v) is 3.86. The molecule has 0 radical (unpaired) electrons. The lowest BCUT2D eigenvalue weighted by atomic mass is 10.0. The normalized spacial score (nSPS) is 15.1. The van der Waals surface area contributed by atoms with Crippen LogP contribution in [0.25, 0.3) is 0 Å². The molecule has 0 atom stereocenters. The molecule has 0 spiro atoms. The van der Waals surface area contributed by atoms with Crippen LogP contribution in [0.1, 0.15) is 42.5 Å². The highest BCUT2D eigenvalue weighted by Gasteiger charge is 2.22. The first-order valence-electron chi connectivity index (χ1n) is 6.94. The fourth-order valence-electron chi connectivity index (χ4n) is 2.73. The summed E-state index contributed by atoms with van der Waals surface area (Å²) in [5.41, 5.74) is -1.08. The van der Waals surface area contributed by atoms with Gasteiger partial charge in [-0.15, -0.1) is 0 Å². The zero-order chi connectivity index (χ0) is 15.4. The van der Waals surface area contributed by atoms with Crippen molar-refractivity contribution in [2.24, 2.45) is 5.92 Å². The molecule has 1 aromatic carbocycles. The maximum atomic E-state index is 13.6. The van der Waals surface area contributed by atoms with Gasteiger partial charge < -0.3 is 10.4 Å². The van der Waals surface area contributed by atoms with Crippen molar-refractivity contribution in [3.05, 3.63) is 33.6 Å². The zero-order valence-electron chi connectivity index (χ0n) is 11.5. The van der Waals surface area contributed by atoms with E-state index in [4.69, 9.17) is 5.11 Å². The van der Waals surface area contributed by atoms with Crippen LogP contribution in [0.4, 0.5) is 15.8 Å². The molecule has 0 amide bonds. The quantitative estimate of drug-likeness (QED) is 0.619. The summed E-state index contributed by atoms with van der Waals surface area (Å²) in [7, 11) is 0. The van der Waals surface area contributed by atoms with Crippen LogP contribution in [0.5, 0.6) is 0 Å². The minimum Gasteiger partial charge on any atom is -0.478 e. The molecule has 2 rings (SSSR count). The SMILES string of the molecule is O=C(O)c1cc([N+](=O)[O-])c(NCCC2CCCC2)cc1F. The van der Waals surface area contributed by atoms with Crippen LogP contribution in [0.15, 0.2) is 12.1 Å². The number of carboxylic acids is 1. The summed E-state index contributed by atoms with van der Waals surface area (Å²) in [5, 5.41) is 22.6. The zero-order valence-corrected chi connectivity index (χ0v) is 11.5. The number of rotatable bonds is 6. The van der Waals surface area contributed by atoms with E-state index in [0.717, 1.165) is 31.4 Å². The molecule has 0 saturated heterocycles. The van der Waals surface area contributed by atoms with Gasteiger partial charge in [-0.2, -0.15) is 0 Å². The number of nitro groups is 1. The Morgan fingerprint density at radius 2 is 2.10 bits per heavy atom. The molecule has 0 aromatic heterocycles. The molecule has 0 bridgehead atoms. The summed E-state index contributed by atoms with van der Waals surface area (Å²) < 4.78 is 13.6. The van der Waals surface area contributed by atoms with Gasteiger partial charge in [-0.25, -0.2) is 9.18 Å². The van der Waals surface area contributed by atoms with Gasteiger partial charge in [0.15, 0.2) is 0 Å². The van der Waals surface area contributed by atoms with Gasteiger partial charge in [-0.05, 0) is 12.3 Å². The third-order valence-electron chi connectivity index (χ3n) is 3.86. The second-order valence-electron chi connectivity index (χ2n) is 5.28. The molecule has 0 aliphatic heterocycles. The Morgan fingerprint density at radius 3 is 2.67 bits per heavy atom. The highest BCUT2D eigenvalue weighted by atomic mass is 19.1. The van der Waals surface area contributed by atoms with Crippen molar-refractivity contribution in [3.8, 4) is 0 Å². The summed E-state index contributed by atoms with van der Waals surface area (Å²) in [5.74, 6) is -1.88. The Hall–Kier alpha value is -2.18. The predicted molar refractivity (Wildman–Crippen MR) is 75.1 cm³/mol. The van der Waals surface area contributed by atoms with Crippen molar-refractivity contribution in [1.29, 1.82) is 0 Å². The Bertz CT molecular complexity index is 556. The number of hydrogen-bond acceptors (Lipinski definition) is 4. The largest absolute Gasteiger partial charge is 0.478 e. The maximum absolute atomic E-state index is 13.6. The standard InChI is InChI=1S/C14H17FN2O4/c15-11-8-12(16-6-5-9-3-1-2-4-9)13(17(20)21)7-10(11)14(18)19/h7-9,16H,1-6H2,(H,18,19). The highest BCUT2D eigenvalue weighted by Crippen LogP contribution is 2.30. The van der Waals surface area contributed by atoms with E-state index in [1.165, 1.54) is 12.8 Å². The van der Waals surface area contributed by atoms with Crippen LogP contribution < -0.4 is 5.32 Å². The second-order valence-corrected chi connectivity index (χ2v) is 5.28. The molecule has 6 nitrogen and oxygen atoms in total. The average molecular weight is 296 g/mol. The molecule has 2 N–H and O–H groups in total. The molecule has 7 heteroatoms. The number of nitrogens with zero attached hydrogens (tertiary/aromatic N) is 1. The lowest BCUT2D eigenvalue weighted by molar-refractivity contribution is -0.384. The molecule has 21 heavy (non-hydrogen) atoms. The van der Waals surface area contributed by atoms with Crippen LogP contribution >= 0.6 is 0 Å². The lowest BCUT2D eigenvalue weighted by Crippen LogP contribution is -2.10. The Labute approximate surface area is 121 Å². The highest BCUT2D eigenvalue weighted by molar-refractivity contribution is 5.90. The fraction of sp³-hybridized carbons (Fsp3) is 0.500. The van der Waals surface area contributed by atoms with Crippen molar-refractivity contribution < 1.29 is 19.2 Å². The van der Waals surface area contributed by atoms with Gasteiger partial charge >= 0.3 is 5.97 Å². The number of nitrogens with one attached hydrogen (secondary N) is 1. The van der Waals surface area contributed by atoms with Gasteiger partial charge in [0.1, 0.15) is 17.1 Å². The Balaban J connectivity index is 2.11. The summed E-state index contributed by atoms with van der Waals surface area (Å²) in [6.07, 6.45) is 5.63. The van der Waals surface area contributed by atoms with Crippen molar-refractivity contribution in [3.63, 3.8) is 0 Å². The summed E-state index contributed by atoms with van der Waals surface area (Å²) in [4.78, 5) is 21.1. The smallest absolute Gasteiger partial charge is 0.338 e. The Morgan fingerprint density at radius 1 is 1.43 bits per heavy atom. The van der Waals surface area contributed by atoms with Crippen LogP contribution in [0, 0.1) is 21.8 Å². The molecular weight excluding hydrogens is 279 g/mol. The Kier molecular flexibility index (Phi) is 4.72. The van der Waals surface area contributed by atoms with E-state index in [2.05, 4.69) is 5.32 Å². The lowest BCUT2D eigenvalue weighted by Gasteiger charge is -2.11. The first kappa shape index (κ1) is 15.2. The van der Waals surface area contributed by atoms with Gasteiger partial charge in [0, 0.05) is 18.7 Å². The molecule has 1 aromatic rings. The van der Waals surface area contributed by atoms with E-state index >= 15 is 0 Å². The number of carbonyl (C=O) groups is 1. The molecule has 0 unspecified atom stereocenters. The maximum Gasteiger partial charge on any atom is 0.338 e. The van der Waals surface area contributed by atoms with Gasteiger partial charge in [0.25, 0.3) is 5.69 Å². The molecule has 0 heterocycles. The molecule has 114 valence electrons. The summed E-state index contributed by atoms with van der Waals surface area (Å²) >= 11 is 0. The predicted octanol–water partition coefficient (Wildman–Crippen LogP) is 3.42. The molecule has 1 fully saturated rings. The fourth-order valence-corrected chi connectivity index (χ4v) is 2.73. The van der Waals surface area contributed by atoms with E-state index in [1.54, 1.807) is 0 Å². The van der Waals surface area contributed by atoms with E-state index in [-0.39, 0.29) is 5.69 Å². The minimum atomic E-state index is -1.52. The van der Waals surface area contributed by atoms with Crippen LogP contribution in [0.2, 0.25) is 0 Å². The first-order chi connectivity index (χ1) is 9.99. The minimum absolute atomic E-state index is 0.0282. The topological polar surface area (TPSA) is 92.5 Å². The van der Waals surface area contributed by atoms with E-state index in [0.29, 0.717) is 12.5 Å². The molecule has 1 aliphatic carbocycles. The number of benzene rings is 1. The number of halogens is 1. The van der Waals surface area contributed by atoms with Gasteiger partial charge in [0.2, 0.25) is 0 Å². The van der Waals surface area contributed by atoms with Gasteiger partial charge in [-0.1, -0.05) is 25.7 Å². The van der Waals surface area contributed by atoms with Crippen molar-refractivity contribution in [1.82, 2.24) is 0 Å². The van der Waals surface area contributed by atoms with E-state index in [1.807, 2.05) is 0 Å². The van der Waals surface area contributed by atoms with Crippen molar-refractivity contribution in [2.75, 3.05) is 11.9 Å². The second kappa shape index (κ2) is 6.51. The summed E-state index contributed by atoms with van der Waals surface area (Å²) in [6.45, 7) is 0.511. The third kappa shape index (κ3) is 3.68. The van der Waals surface area contributed by atoms with Crippen LogP contribution in [-0.4, -0.2) is 22.5 Å². The van der Waals surface area contributed by atoms with Crippen molar-refractivity contribution in [2.45, 2.75) is 32.1 Å². The van der Waals surface area contributed by atoms with E-state index < -0.39 is 28.0 Å².